The Morgan fingerprint density at radius 1 is 0.667 bits per heavy atom. The molecule has 158 valence electrons. The summed E-state index contributed by atoms with van der Waals surface area (Å²) < 4.78 is 1.49. The van der Waals surface area contributed by atoms with Gasteiger partial charge < -0.3 is 5.53 Å². The Morgan fingerprint density at radius 3 is 1.77 bits per heavy atom. The molecule has 0 aliphatic carbocycles. The zero-order chi connectivity index (χ0) is 21.5. The zero-order valence-corrected chi connectivity index (χ0v) is 19.2. The first-order valence-corrected chi connectivity index (χ1v) is 11.8. The van der Waals surface area contributed by atoms with E-state index in [1.807, 2.05) is 0 Å². The second kappa shape index (κ2) is 10.5. The van der Waals surface area contributed by atoms with E-state index in [0.29, 0.717) is 0 Å². The highest BCUT2D eigenvalue weighted by Crippen LogP contribution is 2.44. The van der Waals surface area contributed by atoms with E-state index in [1.165, 1.54) is 27.0 Å². The van der Waals surface area contributed by atoms with Gasteiger partial charge in [0.15, 0.2) is 0 Å². The van der Waals surface area contributed by atoms with E-state index in [-0.39, 0.29) is 0 Å². The molecule has 0 N–H and O–H groups in total. The topological polar surface area (TPSA) is 25.3 Å². The van der Waals surface area contributed by atoms with Crippen molar-refractivity contribution in [1.82, 2.24) is 0 Å². The summed E-state index contributed by atoms with van der Waals surface area (Å²) in [6.45, 7) is 8.84. The Labute approximate surface area is 182 Å². The zero-order valence-electron chi connectivity index (χ0n) is 19.2. The van der Waals surface area contributed by atoms with Gasteiger partial charge in [0.2, 0.25) is 11.4 Å². The van der Waals surface area contributed by atoms with Gasteiger partial charge in [-0.25, -0.2) is 4.70 Å². The van der Waals surface area contributed by atoms with Gasteiger partial charge in [-0.05, 0) is 73.9 Å². The Kier molecular flexibility index (Phi) is 7.79. The third-order valence-corrected chi connectivity index (χ3v) is 6.16. The number of nitrogens with zero attached hydrogens (tertiary/aromatic N) is 2. The maximum absolute atomic E-state index is 11.5. The molecular weight excluding hydrogens is 364 g/mol. The molecule has 2 heteroatoms. The maximum atomic E-state index is 11.5. The van der Waals surface area contributed by atoms with Crippen molar-refractivity contribution in [3.63, 3.8) is 0 Å². The summed E-state index contributed by atoms with van der Waals surface area (Å²) in [6, 6.07) is 17.4. The Morgan fingerprint density at radius 2 is 1.23 bits per heavy atom. The summed E-state index contributed by atoms with van der Waals surface area (Å²) >= 11 is 0. The molecule has 2 aromatic rings. The third kappa shape index (κ3) is 4.64. The van der Waals surface area contributed by atoms with Crippen LogP contribution in [0.25, 0.3) is 16.9 Å². The van der Waals surface area contributed by atoms with Crippen LogP contribution in [0.2, 0.25) is 0 Å². The number of hydrogen-bond acceptors (Lipinski definition) is 0. The molecule has 0 unspecified atom stereocenters. The van der Waals surface area contributed by atoms with E-state index in [2.05, 4.69) is 76.2 Å². The molecule has 2 nitrogen and oxygen atoms in total. The van der Waals surface area contributed by atoms with Crippen molar-refractivity contribution in [2.75, 3.05) is 0 Å². The van der Waals surface area contributed by atoms with Gasteiger partial charge >= 0.3 is 0 Å². The van der Waals surface area contributed by atoms with Gasteiger partial charge in [-0.3, -0.25) is 0 Å². The molecule has 0 bridgehead atoms. The van der Waals surface area contributed by atoms with Crippen molar-refractivity contribution >= 4 is 11.4 Å². The summed E-state index contributed by atoms with van der Waals surface area (Å²) in [4.78, 5) is 0. The smallest absolute Gasteiger partial charge is 0.211 e. The predicted molar refractivity (Wildman–Crippen MR) is 128 cm³/mol. The fraction of sp³-hybridized carbons (Fsp3) is 0.429. The minimum absolute atomic E-state index is 0.981. The van der Waals surface area contributed by atoms with Crippen molar-refractivity contribution < 1.29 is 4.70 Å². The van der Waals surface area contributed by atoms with E-state index in [0.717, 1.165) is 73.9 Å². The van der Waals surface area contributed by atoms with Gasteiger partial charge in [0.25, 0.3) is 0 Å². The van der Waals surface area contributed by atoms with Gasteiger partial charge in [-0.1, -0.05) is 64.8 Å². The Hall–Kier alpha value is -2.48. The first kappa shape index (κ1) is 22.2. The molecule has 1 heterocycles. The molecule has 2 aromatic carbocycles. The summed E-state index contributed by atoms with van der Waals surface area (Å²) in [6.07, 6.45) is 8.62. The standard InChI is InChI=1S/C28H36N2/c1-5-9-14-25-26(15-10-6-2)28(24-13-11-12-22(8-4)20-24)30(29)27(25)23-18-16-21(7-3)17-19-23/h11-13,16-20H,5-10,14-15H2,1-4H3. The molecule has 0 radical (unpaired) electrons. The fourth-order valence-corrected chi connectivity index (χ4v) is 4.33. The normalized spacial score (nSPS) is 14.2. The van der Waals surface area contributed by atoms with Crippen LogP contribution in [0.1, 0.15) is 88.5 Å². The lowest BCUT2D eigenvalue weighted by molar-refractivity contribution is -0.345. The molecule has 3 rings (SSSR count). The molecule has 0 saturated carbocycles. The lowest BCUT2D eigenvalue weighted by Crippen LogP contribution is -2.03. The van der Waals surface area contributed by atoms with Gasteiger partial charge in [0.05, 0.1) is 0 Å². The van der Waals surface area contributed by atoms with Gasteiger partial charge in [-0.15, -0.1) is 0 Å². The van der Waals surface area contributed by atoms with E-state index in [1.54, 1.807) is 0 Å². The third-order valence-electron chi connectivity index (χ3n) is 6.16. The second-order valence-electron chi connectivity index (χ2n) is 8.28. The first-order chi connectivity index (χ1) is 14.6. The largest absolute Gasteiger partial charge is 0.493 e. The van der Waals surface area contributed by atoms with Crippen molar-refractivity contribution in [3.05, 3.63) is 87.5 Å². The van der Waals surface area contributed by atoms with Crippen LogP contribution in [0.4, 0.5) is 0 Å². The Bertz CT molecular complexity index is 945. The van der Waals surface area contributed by atoms with Gasteiger partial charge in [0, 0.05) is 22.3 Å². The molecule has 1 aliphatic heterocycles. The number of unbranched alkanes of at least 4 members (excludes halogenated alkanes) is 2. The Balaban J connectivity index is 2.15. The lowest BCUT2D eigenvalue weighted by Gasteiger charge is -2.11. The van der Waals surface area contributed by atoms with Crippen molar-refractivity contribution in [3.8, 4) is 0 Å². The van der Waals surface area contributed by atoms with Crippen molar-refractivity contribution in [2.45, 2.75) is 79.1 Å². The quantitative estimate of drug-likeness (QED) is 0.358. The average Bonchev–Trinajstić information content (AvgIpc) is 3.07. The molecule has 0 saturated heterocycles. The minimum atomic E-state index is 0.981. The number of allylic oxidation sites excluding steroid dienone is 2. The summed E-state index contributed by atoms with van der Waals surface area (Å²) in [5, 5.41) is 0. The van der Waals surface area contributed by atoms with Crippen LogP contribution in [0, 0.1) is 0 Å². The summed E-state index contributed by atoms with van der Waals surface area (Å²) in [5.41, 5.74) is 21.0. The number of aryl methyl sites for hydroxylation is 2. The van der Waals surface area contributed by atoms with E-state index in [9.17, 15) is 5.53 Å². The van der Waals surface area contributed by atoms with Crippen LogP contribution in [-0.4, -0.2) is 4.70 Å². The number of benzene rings is 2. The molecule has 30 heavy (non-hydrogen) atoms. The fourth-order valence-electron chi connectivity index (χ4n) is 4.33. The number of hydrogen-bond donors (Lipinski definition) is 0. The van der Waals surface area contributed by atoms with E-state index in [4.69, 9.17) is 0 Å². The number of rotatable bonds is 10. The minimum Gasteiger partial charge on any atom is -0.493 e. The van der Waals surface area contributed by atoms with Crippen LogP contribution in [0.3, 0.4) is 0 Å². The molecule has 0 spiro atoms. The summed E-state index contributed by atoms with van der Waals surface area (Å²) in [5.74, 6) is 0. The maximum Gasteiger partial charge on any atom is 0.211 e. The van der Waals surface area contributed by atoms with Crippen LogP contribution in [0.5, 0.6) is 0 Å². The van der Waals surface area contributed by atoms with E-state index < -0.39 is 0 Å². The lowest BCUT2D eigenvalue weighted by atomic mass is 9.92. The molecule has 0 atom stereocenters. The average molecular weight is 401 g/mol. The van der Waals surface area contributed by atoms with Gasteiger partial charge in [-0.2, -0.15) is 0 Å². The van der Waals surface area contributed by atoms with Gasteiger partial charge in [0.1, 0.15) is 0 Å². The highest BCUT2D eigenvalue weighted by molar-refractivity contribution is 5.82. The monoisotopic (exact) mass is 400 g/mol. The molecular formula is C28H36N2. The molecule has 0 fully saturated rings. The first-order valence-electron chi connectivity index (χ1n) is 11.8. The van der Waals surface area contributed by atoms with Crippen LogP contribution in [0.15, 0.2) is 59.7 Å². The molecule has 0 aromatic heterocycles. The molecule has 0 amide bonds. The second-order valence-corrected chi connectivity index (χ2v) is 8.28. The SMILES string of the molecule is CCCCC1=C(c2ccc(CC)cc2)[N+](=[N-])C(c2cccc(CC)c2)=C1CCCC. The molecule has 1 aliphatic rings. The highest BCUT2D eigenvalue weighted by atomic mass is 15.2. The van der Waals surface area contributed by atoms with Crippen LogP contribution < -0.4 is 0 Å². The van der Waals surface area contributed by atoms with Crippen LogP contribution in [-0.2, 0) is 12.8 Å². The van der Waals surface area contributed by atoms with E-state index >= 15 is 0 Å². The summed E-state index contributed by atoms with van der Waals surface area (Å²) in [7, 11) is 0. The highest BCUT2D eigenvalue weighted by Gasteiger charge is 2.35. The predicted octanol–water partition coefficient (Wildman–Crippen LogP) is 8.36. The van der Waals surface area contributed by atoms with Crippen molar-refractivity contribution in [2.24, 2.45) is 0 Å². The van der Waals surface area contributed by atoms with Crippen LogP contribution >= 0.6 is 0 Å². The van der Waals surface area contributed by atoms with Crippen molar-refractivity contribution in [1.29, 1.82) is 0 Å².